The van der Waals surface area contributed by atoms with Gasteiger partial charge in [0.2, 0.25) is 0 Å². The molecule has 2 atom stereocenters. The maximum Gasteiger partial charge on any atom is 0.271 e. The first kappa shape index (κ1) is 21.8. The van der Waals surface area contributed by atoms with Crippen molar-refractivity contribution in [3.63, 3.8) is 0 Å². The van der Waals surface area contributed by atoms with Crippen LogP contribution >= 0.6 is 23.9 Å². The smallest absolute Gasteiger partial charge is 0.271 e. The second-order valence-electron chi connectivity index (χ2n) is 9.17. The van der Waals surface area contributed by atoms with Crippen molar-refractivity contribution in [2.24, 2.45) is 11.8 Å². The monoisotopic (exact) mass is 448 g/mol. The van der Waals surface area contributed by atoms with E-state index in [9.17, 15) is 4.79 Å². The first-order chi connectivity index (χ1) is 14.2. The minimum absolute atomic E-state index is 0. The number of halogens is 1. The van der Waals surface area contributed by atoms with Gasteiger partial charge in [0.05, 0.1) is 4.70 Å². The normalized spacial score (nSPS) is 28.0. The van der Waals surface area contributed by atoms with Crippen molar-refractivity contribution in [3.05, 3.63) is 23.9 Å². The lowest BCUT2D eigenvalue weighted by atomic mass is 9.84. The van der Waals surface area contributed by atoms with Gasteiger partial charge in [-0.1, -0.05) is 19.8 Å². The molecular formula is C23H33ClN4OS. The summed E-state index contributed by atoms with van der Waals surface area (Å²) in [5, 5.41) is 4.29. The molecule has 164 valence electrons. The number of piperidine rings is 3. The first-order valence-corrected chi connectivity index (χ1v) is 12.2. The maximum absolute atomic E-state index is 13.0. The van der Waals surface area contributed by atoms with Crippen LogP contribution in [-0.2, 0) is 0 Å². The molecule has 0 saturated carbocycles. The van der Waals surface area contributed by atoms with Crippen molar-refractivity contribution in [2.75, 3.05) is 37.6 Å². The van der Waals surface area contributed by atoms with Gasteiger partial charge in [-0.2, -0.15) is 4.37 Å². The molecule has 0 aliphatic carbocycles. The molecular weight excluding hydrogens is 416 g/mol. The third-order valence-electron chi connectivity index (χ3n) is 7.26. The molecule has 1 aromatic heterocycles. The van der Waals surface area contributed by atoms with Gasteiger partial charge in [0.15, 0.2) is 0 Å². The number of benzene rings is 1. The number of anilines is 1. The summed E-state index contributed by atoms with van der Waals surface area (Å²) in [4.78, 5) is 17.9. The lowest BCUT2D eigenvalue weighted by Gasteiger charge is -2.44. The largest absolute Gasteiger partial charge is 0.371 e. The highest BCUT2D eigenvalue weighted by atomic mass is 35.5. The molecule has 0 spiro atoms. The highest BCUT2D eigenvalue weighted by Crippen LogP contribution is 2.32. The summed E-state index contributed by atoms with van der Waals surface area (Å²) in [7, 11) is 0. The zero-order valence-corrected chi connectivity index (χ0v) is 19.4. The fraction of sp³-hybridized carbons (Fsp3) is 0.652. The fourth-order valence-electron chi connectivity index (χ4n) is 5.45. The third-order valence-corrected chi connectivity index (χ3v) is 8.07. The molecule has 30 heavy (non-hydrogen) atoms. The molecule has 1 N–H and O–H groups in total. The van der Waals surface area contributed by atoms with Gasteiger partial charge < -0.3 is 15.1 Å². The lowest BCUT2D eigenvalue weighted by Crippen LogP contribution is -2.57. The molecule has 5 heterocycles. The number of carbonyl (C=O) groups is 1. The summed E-state index contributed by atoms with van der Waals surface area (Å²) >= 11 is 1.46. The predicted octanol–water partition coefficient (Wildman–Crippen LogP) is 4.56. The minimum Gasteiger partial charge on any atom is -0.371 e. The molecule has 6 rings (SSSR count). The van der Waals surface area contributed by atoms with Crippen LogP contribution in [0.1, 0.15) is 55.9 Å². The van der Waals surface area contributed by atoms with E-state index in [0.717, 1.165) is 35.6 Å². The van der Waals surface area contributed by atoms with Crippen molar-refractivity contribution < 1.29 is 4.79 Å². The number of hydrogen-bond acceptors (Lipinski definition) is 5. The van der Waals surface area contributed by atoms with Crippen LogP contribution in [-0.4, -0.2) is 53.9 Å². The van der Waals surface area contributed by atoms with Crippen LogP contribution in [0.5, 0.6) is 0 Å². The zero-order valence-electron chi connectivity index (χ0n) is 17.8. The van der Waals surface area contributed by atoms with E-state index in [1.807, 2.05) is 0 Å². The lowest BCUT2D eigenvalue weighted by molar-refractivity contribution is 0.0619. The molecule has 1 amide bonds. The van der Waals surface area contributed by atoms with E-state index >= 15 is 0 Å². The van der Waals surface area contributed by atoms with Crippen molar-refractivity contribution >= 4 is 45.6 Å². The quantitative estimate of drug-likeness (QED) is 0.703. The summed E-state index contributed by atoms with van der Waals surface area (Å²) in [6, 6.07) is 6.81. The van der Waals surface area contributed by atoms with Crippen molar-refractivity contribution in [1.29, 1.82) is 0 Å². The zero-order chi connectivity index (χ0) is 19.8. The molecule has 1 unspecified atom stereocenters. The summed E-state index contributed by atoms with van der Waals surface area (Å²) < 4.78 is 5.67. The Morgan fingerprint density at radius 1 is 1.20 bits per heavy atom. The number of rotatable bonds is 6. The SMILES string of the molecule is CCCCC1CCN(c2ccc3c(C(=O)N[C@@H]4CN5CCC4CC5)nsc3c2)C1.Cl. The summed E-state index contributed by atoms with van der Waals surface area (Å²) in [6.07, 6.45) is 7.69. The van der Waals surface area contributed by atoms with Crippen LogP contribution in [0.15, 0.2) is 18.2 Å². The standard InChI is InChI=1S/C23H32N4OS.ClH/c1-2-3-4-16-7-12-27(14-16)18-5-6-19-21(13-18)29-25-22(19)23(28)24-20-15-26-10-8-17(20)9-11-26;/h5-6,13,16-17,20H,2-4,7-12,14-15H2,1H3,(H,24,28);1H/t16?,20-;/m1./s1. The first-order valence-electron chi connectivity index (χ1n) is 11.4. The summed E-state index contributed by atoms with van der Waals surface area (Å²) in [5.74, 6) is 1.47. The molecule has 7 heteroatoms. The molecule has 0 radical (unpaired) electrons. The van der Waals surface area contributed by atoms with Gasteiger partial charge in [0.1, 0.15) is 5.69 Å². The molecule has 4 aliphatic rings. The van der Waals surface area contributed by atoms with Gasteiger partial charge >= 0.3 is 0 Å². The Morgan fingerprint density at radius 2 is 2.03 bits per heavy atom. The number of carbonyl (C=O) groups excluding carboxylic acids is 1. The van der Waals surface area contributed by atoms with E-state index in [-0.39, 0.29) is 24.4 Å². The number of aromatic nitrogens is 1. The van der Waals surface area contributed by atoms with Crippen molar-refractivity contribution in [3.8, 4) is 0 Å². The van der Waals surface area contributed by atoms with E-state index in [0.29, 0.717) is 11.6 Å². The maximum atomic E-state index is 13.0. The van der Waals surface area contributed by atoms with Crippen LogP contribution in [0.25, 0.3) is 10.1 Å². The van der Waals surface area contributed by atoms with Gasteiger partial charge in [-0.05, 0) is 80.3 Å². The van der Waals surface area contributed by atoms with Crippen LogP contribution < -0.4 is 10.2 Å². The van der Waals surface area contributed by atoms with Gasteiger partial charge in [-0.3, -0.25) is 4.79 Å². The molecule has 2 bridgehead atoms. The Kier molecular flexibility index (Phi) is 6.85. The van der Waals surface area contributed by atoms with E-state index in [1.54, 1.807) is 0 Å². The number of hydrogen-bond donors (Lipinski definition) is 1. The highest BCUT2D eigenvalue weighted by molar-refractivity contribution is 7.13. The van der Waals surface area contributed by atoms with Crippen LogP contribution in [0.2, 0.25) is 0 Å². The Morgan fingerprint density at radius 3 is 2.77 bits per heavy atom. The van der Waals surface area contributed by atoms with Gasteiger partial charge in [-0.25, -0.2) is 0 Å². The third kappa shape index (κ3) is 4.32. The summed E-state index contributed by atoms with van der Waals surface area (Å²) in [5.41, 5.74) is 1.89. The Hall–Kier alpha value is -1.37. The van der Waals surface area contributed by atoms with Crippen LogP contribution in [0.4, 0.5) is 5.69 Å². The Bertz CT molecular complexity index is 879. The van der Waals surface area contributed by atoms with E-state index in [2.05, 4.69) is 44.6 Å². The topological polar surface area (TPSA) is 48.5 Å². The highest BCUT2D eigenvalue weighted by Gasteiger charge is 2.35. The average Bonchev–Trinajstić information content (AvgIpc) is 3.40. The molecule has 4 aliphatic heterocycles. The van der Waals surface area contributed by atoms with Crippen LogP contribution in [0.3, 0.4) is 0 Å². The van der Waals surface area contributed by atoms with Gasteiger partial charge in [-0.15, -0.1) is 12.4 Å². The Labute approximate surface area is 189 Å². The minimum atomic E-state index is 0. The van der Waals surface area contributed by atoms with Crippen molar-refractivity contribution in [1.82, 2.24) is 14.6 Å². The van der Waals surface area contributed by atoms with Crippen molar-refractivity contribution in [2.45, 2.75) is 51.5 Å². The average molecular weight is 449 g/mol. The Balaban J connectivity index is 0.00000218. The second kappa shape index (κ2) is 9.41. The van der Waals surface area contributed by atoms with Gasteiger partial charge in [0, 0.05) is 36.7 Å². The number of amides is 1. The molecule has 1 aromatic carbocycles. The molecule has 4 saturated heterocycles. The molecule has 4 fully saturated rings. The van der Waals surface area contributed by atoms with Crippen LogP contribution in [0, 0.1) is 11.8 Å². The second-order valence-corrected chi connectivity index (χ2v) is 9.98. The summed E-state index contributed by atoms with van der Waals surface area (Å²) in [6.45, 7) is 7.96. The van der Waals surface area contributed by atoms with E-state index in [4.69, 9.17) is 0 Å². The predicted molar refractivity (Wildman–Crippen MR) is 127 cm³/mol. The number of nitrogens with one attached hydrogen (secondary N) is 1. The number of unbranched alkanes of at least 4 members (excludes halogenated alkanes) is 1. The number of fused-ring (bicyclic) bond motifs is 4. The van der Waals surface area contributed by atoms with E-state index < -0.39 is 0 Å². The van der Waals surface area contributed by atoms with E-state index in [1.165, 1.54) is 68.8 Å². The van der Waals surface area contributed by atoms with Gasteiger partial charge in [0.25, 0.3) is 5.91 Å². The molecule has 2 aromatic rings. The number of nitrogens with zero attached hydrogens (tertiary/aromatic N) is 3. The fourth-order valence-corrected chi connectivity index (χ4v) is 6.25. The molecule has 5 nitrogen and oxygen atoms in total.